The standard InChI is InChI=1S/C25H25N3/c1-18(2)17-28-24(21-12-8-5-9-13-21)26-27-25(28)23-16-22(15-14-19(23)3)20-10-6-4-7-11-20/h4-16,18H,17H2,1-3H3. The summed E-state index contributed by atoms with van der Waals surface area (Å²) in [5.41, 5.74) is 5.84. The van der Waals surface area contributed by atoms with Gasteiger partial charge in [0.1, 0.15) is 0 Å². The van der Waals surface area contributed by atoms with Crippen LogP contribution in [0.25, 0.3) is 33.9 Å². The summed E-state index contributed by atoms with van der Waals surface area (Å²) < 4.78 is 2.26. The second-order valence-electron chi connectivity index (χ2n) is 7.61. The van der Waals surface area contributed by atoms with E-state index >= 15 is 0 Å². The average Bonchev–Trinajstić information content (AvgIpc) is 3.12. The molecule has 4 aromatic rings. The predicted octanol–water partition coefficient (Wildman–Crippen LogP) is 6.24. The fraction of sp³-hybridized carbons (Fsp3) is 0.200. The van der Waals surface area contributed by atoms with Gasteiger partial charge in [-0.05, 0) is 35.6 Å². The van der Waals surface area contributed by atoms with E-state index in [0.717, 1.165) is 29.3 Å². The lowest BCUT2D eigenvalue weighted by atomic mass is 9.99. The number of benzene rings is 3. The van der Waals surface area contributed by atoms with E-state index in [1.807, 2.05) is 24.3 Å². The van der Waals surface area contributed by atoms with Gasteiger partial charge >= 0.3 is 0 Å². The highest BCUT2D eigenvalue weighted by molar-refractivity contribution is 5.73. The Balaban J connectivity index is 1.86. The first-order chi connectivity index (χ1) is 13.6. The zero-order chi connectivity index (χ0) is 19.5. The average molecular weight is 367 g/mol. The summed E-state index contributed by atoms with van der Waals surface area (Å²) in [6.45, 7) is 7.47. The molecule has 0 saturated carbocycles. The monoisotopic (exact) mass is 367 g/mol. The largest absolute Gasteiger partial charge is 0.307 e. The van der Waals surface area contributed by atoms with Crippen LogP contribution in [0, 0.1) is 12.8 Å². The van der Waals surface area contributed by atoms with E-state index in [4.69, 9.17) is 0 Å². The Labute approximate surface area is 166 Å². The first-order valence-corrected chi connectivity index (χ1v) is 9.78. The second-order valence-corrected chi connectivity index (χ2v) is 7.61. The molecule has 140 valence electrons. The molecule has 0 amide bonds. The molecule has 3 heteroatoms. The molecule has 0 fully saturated rings. The van der Waals surface area contributed by atoms with E-state index in [-0.39, 0.29) is 0 Å². The summed E-state index contributed by atoms with van der Waals surface area (Å²) in [6.07, 6.45) is 0. The number of rotatable bonds is 5. The van der Waals surface area contributed by atoms with Crippen LogP contribution in [0.5, 0.6) is 0 Å². The molecule has 0 N–H and O–H groups in total. The van der Waals surface area contributed by atoms with E-state index < -0.39 is 0 Å². The third-order valence-corrected chi connectivity index (χ3v) is 4.92. The van der Waals surface area contributed by atoms with Gasteiger partial charge in [0.15, 0.2) is 11.6 Å². The lowest BCUT2D eigenvalue weighted by molar-refractivity contribution is 0.529. The lowest BCUT2D eigenvalue weighted by Crippen LogP contribution is -2.08. The highest BCUT2D eigenvalue weighted by Crippen LogP contribution is 2.31. The zero-order valence-electron chi connectivity index (χ0n) is 16.6. The van der Waals surface area contributed by atoms with Crippen molar-refractivity contribution in [2.45, 2.75) is 27.3 Å². The number of nitrogens with zero attached hydrogens (tertiary/aromatic N) is 3. The van der Waals surface area contributed by atoms with E-state index in [1.165, 1.54) is 16.7 Å². The Morgan fingerprint density at radius 1 is 0.714 bits per heavy atom. The molecule has 0 aliphatic heterocycles. The highest BCUT2D eigenvalue weighted by Gasteiger charge is 2.18. The van der Waals surface area contributed by atoms with Crippen molar-refractivity contribution in [2.24, 2.45) is 5.92 Å². The third-order valence-electron chi connectivity index (χ3n) is 4.92. The van der Waals surface area contributed by atoms with Crippen molar-refractivity contribution in [3.8, 4) is 33.9 Å². The third kappa shape index (κ3) is 3.61. The van der Waals surface area contributed by atoms with Crippen LogP contribution in [0.4, 0.5) is 0 Å². The van der Waals surface area contributed by atoms with Crippen LogP contribution >= 0.6 is 0 Å². The summed E-state index contributed by atoms with van der Waals surface area (Å²) in [7, 11) is 0. The van der Waals surface area contributed by atoms with Crippen molar-refractivity contribution in [3.05, 3.63) is 84.4 Å². The molecule has 4 rings (SSSR count). The Morgan fingerprint density at radius 3 is 1.96 bits per heavy atom. The molecule has 0 spiro atoms. The molecule has 3 nitrogen and oxygen atoms in total. The summed E-state index contributed by atoms with van der Waals surface area (Å²) in [5, 5.41) is 9.20. The van der Waals surface area contributed by atoms with E-state index in [2.05, 4.69) is 90.1 Å². The normalized spacial score (nSPS) is 11.1. The van der Waals surface area contributed by atoms with Crippen molar-refractivity contribution in [3.63, 3.8) is 0 Å². The van der Waals surface area contributed by atoms with E-state index in [9.17, 15) is 0 Å². The number of aryl methyl sites for hydroxylation is 1. The van der Waals surface area contributed by atoms with Gasteiger partial charge in [0.2, 0.25) is 0 Å². The molecule has 0 aliphatic carbocycles. The van der Waals surface area contributed by atoms with Crippen molar-refractivity contribution in [1.29, 1.82) is 0 Å². The van der Waals surface area contributed by atoms with Gasteiger partial charge < -0.3 is 4.57 Å². The minimum atomic E-state index is 0.495. The summed E-state index contributed by atoms with van der Waals surface area (Å²) in [5.74, 6) is 2.35. The maximum atomic E-state index is 4.62. The Kier molecular flexibility index (Phi) is 5.07. The Bertz CT molecular complexity index is 1060. The molecular formula is C25H25N3. The lowest BCUT2D eigenvalue weighted by Gasteiger charge is -2.15. The fourth-order valence-electron chi connectivity index (χ4n) is 3.51. The van der Waals surface area contributed by atoms with Gasteiger partial charge in [-0.1, -0.05) is 86.6 Å². The van der Waals surface area contributed by atoms with Gasteiger partial charge in [0.05, 0.1) is 0 Å². The fourth-order valence-corrected chi connectivity index (χ4v) is 3.51. The molecule has 0 saturated heterocycles. The van der Waals surface area contributed by atoms with Crippen molar-refractivity contribution in [2.75, 3.05) is 0 Å². The zero-order valence-corrected chi connectivity index (χ0v) is 16.6. The molecule has 1 aromatic heterocycles. The molecule has 1 heterocycles. The topological polar surface area (TPSA) is 30.7 Å². The molecule has 3 aromatic carbocycles. The van der Waals surface area contributed by atoms with Gasteiger partial charge in [0.25, 0.3) is 0 Å². The first kappa shape index (κ1) is 18.2. The maximum absolute atomic E-state index is 4.62. The molecule has 0 atom stereocenters. The van der Waals surface area contributed by atoms with Crippen molar-refractivity contribution < 1.29 is 0 Å². The quantitative estimate of drug-likeness (QED) is 0.418. The number of hydrogen-bond acceptors (Lipinski definition) is 2. The Morgan fingerprint density at radius 2 is 1.32 bits per heavy atom. The minimum Gasteiger partial charge on any atom is -0.307 e. The van der Waals surface area contributed by atoms with Gasteiger partial charge in [-0.3, -0.25) is 0 Å². The van der Waals surface area contributed by atoms with Gasteiger partial charge in [-0.2, -0.15) is 0 Å². The van der Waals surface area contributed by atoms with Crippen molar-refractivity contribution >= 4 is 0 Å². The predicted molar refractivity (Wildman–Crippen MR) is 116 cm³/mol. The maximum Gasteiger partial charge on any atom is 0.164 e. The van der Waals surface area contributed by atoms with Crippen molar-refractivity contribution in [1.82, 2.24) is 14.8 Å². The van der Waals surface area contributed by atoms with Crippen LogP contribution in [-0.4, -0.2) is 14.8 Å². The van der Waals surface area contributed by atoms with Crippen LogP contribution in [0.3, 0.4) is 0 Å². The summed E-state index contributed by atoms with van der Waals surface area (Å²) >= 11 is 0. The highest BCUT2D eigenvalue weighted by atomic mass is 15.3. The van der Waals surface area contributed by atoms with E-state index in [1.54, 1.807) is 0 Å². The molecule has 0 unspecified atom stereocenters. The van der Waals surface area contributed by atoms with Crippen LogP contribution in [0.2, 0.25) is 0 Å². The van der Waals surface area contributed by atoms with Crippen LogP contribution in [0.1, 0.15) is 19.4 Å². The van der Waals surface area contributed by atoms with Gasteiger partial charge in [-0.25, -0.2) is 0 Å². The second kappa shape index (κ2) is 7.81. The molecule has 0 aliphatic rings. The van der Waals surface area contributed by atoms with E-state index in [0.29, 0.717) is 5.92 Å². The molecule has 0 bridgehead atoms. The Hall–Kier alpha value is -3.20. The first-order valence-electron chi connectivity index (χ1n) is 9.78. The minimum absolute atomic E-state index is 0.495. The number of hydrogen-bond donors (Lipinski definition) is 0. The SMILES string of the molecule is Cc1ccc(-c2ccccc2)cc1-c1nnc(-c2ccccc2)n1CC(C)C. The van der Waals surface area contributed by atoms with Crippen LogP contribution < -0.4 is 0 Å². The van der Waals surface area contributed by atoms with Crippen LogP contribution in [0.15, 0.2) is 78.9 Å². The number of aromatic nitrogens is 3. The smallest absolute Gasteiger partial charge is 0.164 e. The molecular weight excluding hydrogens is 342 g/mol. The van der Waals surface area contributed by atoms with Crippen LogP contribution in [-0.2, 0) is 6.54 Å². The summed E-state index contributed by atoms with van der Waals surface area (Å²) in [4.78, 5) is 0. The molecule has 0 radical (unpaired) electrons. The van der Waals surface area contributed by atoms with Gasteiger partial charge in [0, 0.05) is 17.7 Å². The molecule has 28 heavy (non-hydrogen) atoms. The summed E-state index contributed by atoms with van der Waals surface area (Å²) in [6, 6.07) is 27.4. The van der Waals surface area contributed by atoms with Gasteiger partial charge in [-0.15, -0.1) is 10.2 Å².